The third-order valence-corrected chi connectivity index (χ3v) is 5.26. The molecule has 0 unspecified atom stereocenters. The molecular formula is C26H24Cl2N2O4. The molecule has 3 rings (SSSR count). The van der Waals surface area contributed by atoms with Crippen molar-refractivity contribution in [3.63, 3.8) is 0 Å². The van der Waals surface area contributed by atoms with Crippen molar-refractivity contribution in [3.8, 4) is 5.75 Å². The highest BCUT2D eigenvalue weighted by Crippen LogP contribution is 2.16. The van der Waals surface area contributed by atoms with E-state index in [-0.39, 0.29) is 18.8 Å². The summed E-state index contributed by atoms with van der Waals surface area (Å²) >= 11 is 11.8. The van der Waals surface area contributed by atoms with Crippen molar-refractivity contribution >= 4 is 41.1 Å². The van der Waals surface area contributed by atoms with Crippen LogP contribution < -0.4 is 15.4 Å². The number of rotatable bonds is 10. The number of carbonyl (C=O) groups is 2. The number of halogens is 2. The third-order valence-electron chi connectivity index (χ3n) is 4.76. The van der Waals surface area contributed by atoms with Gasteiger partial charge in [0.05, 0.1) is 13.2 Å². The van der Waals surface area contributed by atoms with Gasteiger partial charge in [0, 0.05) is 28.6 Å². The van der Waals surface area contributed by atoms with Crippen molar-refractivity contribution in [3.05, 3.63) is 105 Å². The largest absolute Gasteiger partial charge is 0.493 e. The predicted molar refractivity (Wildman–Crippen MR) is 134 cm³/mol. The molecule has 0 aromatic heterocycles. The molecular weight excluding hydrogens is 475 g/mol. The van der Waals surface area contributed by atoms with E-state index in [4.69, 9.17) is 33.0 Å². The Morgan fingerprint density at radius 2 is 1.50 bits per heavy atom. The number of aliphatic hydroxyl groups excluding tert-OH is 1. The molecule has 0 aliphatic carbocycles. The maximum atomic E-state index is 12.8. The van der Waals surface area contributed by atoms with Crippen LogP contribution in [0.5, 0.6) is 5.75 Å². The second-order valence-electron chi connectivity index (χ2n) is 7.29. The first kappa shape index (κ1) is 25.3. The van der Waals surface area contributed by atoms with Crippen molar-refractivity contribution in [1.29, 1.82) is 0 Å². The maximum absolute atomic E-state index is 12.8. The summed E-state index contributed by atoms with van der Waals surface area (Å²) < 4.78 is 5.75. The molecule has 6 nitrogen and oxygen atoms in total. The number of hydrogen-bond acceptors (Lipinski definition) is 4. The van der Waals surface area contributed by atoms with E-state index in [1.807, 2.05) is 24.3 Å². The van der Waals surface area contributed by atoms with Crippen LogP contribution in [-0.4, -0.2) is 36.7 Å². The number of benzene rings is 3. The fourth-order valence-electron chi connectivity index (χ4n) is 2.98. The number of amides is 2. The molecule has 0 spiro atoms. The minimum atomic E-state index is -0.514. The van der Waals surface area contributed by atoms with Gasteiger partial charge < -0.3 is 20.5 Å². The molecule has 176 valence electrons. The zero-order valence-electron chi connectivity index (χ0n) is 18.3. The van der Waals surface area contributed by atoms with E-state index < -0.39 is 11.8 Å². The smallest absolute Gasteiger partial charge is 0.267 e. The summed E-state index contributed by atoms with van der Waals surface area (Å²) in [6, 6.07) is 21.0. The molecule has 0 heterocycles. The number of aliphatic hydroxyl groups is 1. The number of carbonyl (C=O) groups excluding carboxylic acids is 2. The molecule has 8 heteroatoms. The quantitative estimate of drug-likeness (QED) is 0.359. The third kappa shape index (κ3) is 7.92. The molecule has 0 radical (unpaired) electrons. The van der Waals surface area contributed by atoms with Gasteiger partial charge in [-0.2, -0.15) is 0 Å². The lowest BCUT2D eigenvalue weighted by molar-refractivity contribution is -0.117. The van der Waals surface area contributed by atoms with E-state index in [1.54, 1.807) is 48.5 Å². The van der Waals surface area contributed by atoms with Crippen LogP contribution in [-0.2, 0) is 11.2 Å². The Bertz CT molecular complexity index is 1130. The predicted octanol–water partition coefficient (Wildman–Crippen LogP) is 4.49. The van der Waals surface area contributed by atoms with Crippen molar-refractivity contribution in [2.45, 2.75) is 6.42 Å². The Kier molecular flexibility index (Phi) is 9.52. The van der Waals surface area contributed by atoms with Gasteiger partial charge in [0.25, 0.3) is 11.8 Å². The van der Waals surface area contributed by atoms with Crippen molar-refractivity contribution in [2.24, 2.45) is 0 Å². The molecule has 3 N–H and O–H groups in total. The molecule has 0 saturated heterocycles. The second-order valence-corrected chi connectivity index (χ2v) is 8.17. The summed E-state index contributed by atoms with van der Waals surface area (Å²) in [7, 11) is 0. The molecule has 3 aromatic carbocycles. The molecule has 0 bridgehead atoms. The first-order valence-electron chi connectivity index (χ1n) is 10.6. The lowest BCUT2D eigenvalue weighted by atomic mass is 10.1. The van der Waals surface area contributed by atoms with Crippen LogP contribution in [0.4, 0.5) is 0 Å². The fraction of sp³-hybridized carbons (Fsp3) is 0.154. The highest BCUT2D eigenvalue weighted by Gasteiger charge is 2.14. The minimum Gasteiger partial charge on any atom is -0.493 e. The lowest BCUT2D eigenvalue weighted by Gasteiger charge is -2.11. The van der Waals surface area contributed by atoms with Crippen molar-refractivity contribution in [1.82, 2.24) is 10.6 Å². The summed E-state index contributed by atoms with van der Waals surface area (Å²) in [6.07, 6.45) is 2.26. The normalized spacial score (nSPS) is 11.1. The van der Waals surface area contributed by atoms with Gasteiger partial charge in [-0.05, 0) is 65.7 Å². The van der Waals surface area contributed by atoms with E-state index in [0.29, 0.717) is 33.5 Å². The summed E-state index contributed by atoms with van der Waals surface area (Å²) in [5, 5.41) is 15.4. The Labute approximate surface area is 208 Å². The van der Waals surface area contributed by atoms with Gasteiger partial charge in [0.1, 0.15) is 11.4 Å². The fourth-order valence-corrected chi connectivity index (χ4v) is 3.24. The van der Waals surface area contributed by atoms with Crippen LogP contribution in [0, 0.1) is 0 Å². The minimum absolute atomic E-state index is 0.0454. The zero-order valence-corrected chi connectivity index (χ0v) is 19.8. The van der Waals surface area contributed by atoms with Crippen molar-refractivity contribution in [2.75, 3.05) is 19.8 Å². The molecule has 0 aliphatic heterocycles. The van der Waals surface area contributed by atoms with Gasteiger partial charge in [-0.3, -0.25) is 9.59 Å². The highest BCUT2D eigenvalue weighted by molar-refractivity contribution is 6.30. The Hall–Kier alpha value is -3.32. The standard InChI is InChI=1S/C26H24Cl2N2O4/c27-21-7-1-18(2-8-21)13-16-34-23-11-5-20(6-12-23)25(32)30-24(26(33)29-14-15-31)17-19-3-9-22(28)10-4-19/h1-12,17,31H,13-16H2,(H,29,33)(H,30,32)/b24-17-. The van der Waals surface area contributed by atoms with Crippen LogP contribution >= 0.6 is 23.2 Å². The zero-order chi connectivity index (χ0) is 24.3. The molecule has 34 heavy (non-hydrogen) atoms. The van der Waals surface area contributed by atoms with E-state index >= 15 is 0 Å². The Balaban J connectivity index is 1.63. The summed E-state index contributed by atoms with van der Waals surface area (Å²) in [6.45, 7) is 0.328. The monoisotopic (exact) mass is 498 g/mol. The van der Waals surface area contributed by atoms with Gasteiger partial charge in [-0.1, -0.05) is 47.5 Å². The molecule has 0 saturated carbocycles. The number of nitrogens with one attached hydrogen (secondary N) is 2. The van der Waals surface area contributed by atoms with E-state index in [2.05, 4.69) is 10.6 Å². The van der Waals surface area contributed by atoms with Gasteiger partial charge in [0.2, 0.25) is 0 Å². The van der Waals surface area contributed by atoms with Crippen LogP contribution in [0.1, 0.15) is 21.5 Å². The van der Waals surface area contributed by atoms with Crippen LogP contribution in [0.25, 0.3) is 6.08 Å². The second kappa shape index (κ2) is 12.8. The number of ether oxygens (including phenoxy) is 1. The first-order valence-corrected chi connectivity index (χ1v) is 11.3. The van der Waals surface area contributed by atoms with E-state index in [9.17, 15) is 9.59 Å². The summed E-state index contributed by atoms with van der Waals surface area (Å²) in [5.41, 5.74) is 2.20. The Morgan fingerprint density at radius 3 is 2.12 bits per heavy atom. The first-order chi connectivity index (χ1) is 16.4. The number of hydrogen-bond donors (Lipinski definition) is 3. The van der Waals surface area contributed by atoms with Crippen LogP contribution in [0.2, 0.25) is 10.0 Å². The molecule has 0 fully saturated rings. The molecule has 0 atom stereocenters. The van der Waals surface area contributed by atoms with E-state index in [0.717, 1.165) is 12.0 Å². The average Bonchev–Trinajstić information content (AvgIpc) is 2.85. The SMILES string of the molecule is O=C(NCCO)/C(=C/c1ccc(Cl)cc1)NC(=O)c1ccc(OCCc2ccc(Cl)cc2)cc1. The highest BCUT2D eigenvalue weighted by atomic mass is 35.5. The topological polar surface area (TPSA) is 87.7 Å². The lowest BCUT2D eigenvalue weighted by Crippen LogP contribution is -2.36. The molecule has 2 amide bonds. The maximum Gasteiger partial charge on any atom is 0.267 e. The summed E-state index contributed by atoms with van der Waals surface area (Å²) in [4.78, 5) is 25.3. The molecule has 3 aromatic rings. The van der Waals surface area contributed by atoms with Crippen molar-refractivity contribution < 1.29 is 19.4 Å². The average molecular weight is 499 g/mol. The van der Waals surface area contributed by atoms with Crippen LogP contribution in [0.3, 0.4) is 0 Å². The van der Waals surface area contributed by atoms with Gasteiger partial charge in [-0.15, -0.1) is 0 Å². The van der Waals surface area contributed by atoms with E-state index in [1.165, 1.54) is 6.08 Å². The van der Waals surface area contributed by atoms with Crippen LogP contribution in [0.15, 0.2) is 78.5 Å². The van der Waals surface area contributed by atoms with Gasteiger partial charge in [-0.25, -0.2) is 0 Å². The van der Waals surface area contributed by atoms with Gasteiger partial charge in [0.15, 0.2) is 0 Å². The summed E-state index contributed by atoms with van der Waals surface area (Å²) in [5.74, 6) is -0.338. The molecule has 0 aliphatic rings. The Morgan fingerprint density at radius 1 is 0.882 bits per heavy atom. The van der Waals surface area contributed by atoms with Gasteiger partial charge >= 0.3 is 0 Å².